The fourth-order valence-electron chi connectivity index (χ4n) is 0.187. The van der Waals surface area contributed by atoms with E-state index in [1.807, 2.05) is 0 Å². The molecule has 46 valence electrons. The highest BCUT2D eigenvalue weighted by molar-refractivity contribution is 6.37. The molecule has 0 spiro atoms. The summed E-state index contributed by atoms with van der Waals surface area (Å²) in [4.78, 5) is 20.2. The van der Waals surface area contributed by atoms with Crippen LogP contribution in [0.15, 0.2) is 0 Å². The molecule has 0 amide bonds. The minimum Gasteiger partial charge on any atom is -0.341 e. The Bertz CT molecular complexity index is 95.9. The molecule has 0 N–H and O–H groups in total. The zero-order valence-electron chi connectivity index (χ0n) is 4.31. The molecule has 0 heterocycles. The van der Waals surface area contributed by atoms with Crippen molar-refractivity contribution in [1.82, 2.24) is 0 Å². The zero-order valence-corrected chi connectivity index (χ0v) is 5.07. The predicted molar refractivity (Wildman–Crippen MR) is 27.2 cm³/mol. The first kappa shape index (κ1) is 7.43. The molecule has 3 nitrogen and oxygen atoms in total. The number of hydrogen-bond acceptors (Lipinski definition) is 3. The Morgan fingerprint density at radius 1 is 1.62 bits per heavy atom. The molecule has 0 atom stereocenters. The van der Waals surface area contributed by atoms with Crippen molar-refractivity contribution in [2.45, 2.75) is 13.3 Å². The van der Waals surface area contributed by atoms with Gasteiger partial charge >= 0.3 is 5.97 Å². The van der Waals surface area contributed by atoms with Crippen LogP contribution in [0, 0.1) is 0 Å². The van der Waals surface area contributed by atoms with Crippen molar-refractivity contribution in [2.24, 2.45) is 0 Å². The lowest BCUT2D eigenvalue weighted by Crippen LogP contribution is -2.11. The lowest BCUT2D eigenvalue weighted by Gasteiger charge is -1.86. The molecule has 0 bridgehead atoms. The van der Waals surface area contributed by atoms with Crippen LogP contribution in [-0.2, 0) is 13.9 Å². The summed E-state index contributed by atoms with van der Waals surface area (Å²) in [6, 6.07) is 0. The van der Waals surface area contributed by atoms with Crippen LogP contribution >= 0.6 is 11.9 Å². The van der Waals surface area contributed by atoms with Gasteiger partial charge in [0.15, 0.2) is 0 Å². The average molecular weight is 137 g/mol. The van der Waals surface area contributed by atoms with Gasteiger partial charge in [-0.3, -0.25) is 4.79 Å². The van der Waals surface area contributed by atoms with E-state index in [0.717, 1.165) is 0 Å². The maximum Gasteiger partial charge on any atom is 0.392 e. The van der Waals surface area contributed by atoms with Crippen molar-refractivity contribution in [3.8, 4) is 0 Å². The standard InChI is InChI=1S/C4H5ClO3/c1-2-3(6)4(7)8-5/h2H2,1H3. The van der Waals surface area contributed by atoms with Crippen molar-refractivity contribution in [3.63, 3.8) is 0 Å². The van der Waals surface area contributed by atoms with Crippen LogP contribution in [0.4, 0.5) is 0 Å². The summed E-state index contributed by atoms with van der Waals surface area (Å²) in [6.45, 7) is 1.55. The van der Waals surface area contributed by atoms with Crippen LogP contribution in [0.3, 0.4) is 0 Å². The average Bonchev–Trinajstić information content (AvgIpc) is 1.84. The normalized spacial score (nSPS) is 8.25. The fourth-order valence-corrected chi connectivity index (χ4v) is 0.273. The third-order valence-corrected chi connectivity index (χ3v) is 0.759. The van der Waals surface area contributed by atoms with E-state index in [0.29, 0.717) is 0 Å². The van der Waals surface area contributed by atoms with Crippen molar-refractivity contribution >= 4 is 23.6 Å². The zero-order chi connectivity index (χ0) is 6.57. The molecule has 0 aliphatic carbocycles. The molecule has 0 aromatic rings. The van der Waals surface area contributed by atoms with Crippen LogP contribution in [0.2, 0.25) is 0 Å². The summed E-state index contributed by atoms with van der Waals surface area (Å²) in [6.07, 6.45) is 0.131. The second-order valence-corrected chi connectivity index (χ2v) is 1.30. The van der Waals surface area contributed by atoms with E-state index in [9.17, 15) is 9.59 Å². The van der Waals surface area contributed by atoms with Gasteiger partial charge in [-0.15, -0.1) is 0 Å². The fraction of sp³-hybridized carbons (Fsp3) is 0.500. The first-order valence-electron chi connectivity index (χ1n) is 2.08. The summed E-state index contributed by atoms with van der Waals surface area (Å²) in [5.41, 5.74) is 0. The van der Waals surface area contributed by atoms with Crippen LogP contribution in [-0.4, -0.2) is 11.8 Å². The topological polar surface area (TPSA) is 43.4 Å². The van der Waals surface area contributed by atoms with Gasteiger partial charge in [0.25, 0.3) is 0 Å². The Hall–Kier alpha value is -0.570. The van der Waals surface area contributed by atoms with Gasteiger partial charge in [-0.05, 0) is 0 Å². The highest BCUT2D eigenvalue weighted by Crippen LogP contribution is 1.87. The van der Waals surface area contributed by atoms with Gasteiger partial charge in [0, 0.05) is 6.42 Å². The molecular weight excluding hydrogens is 131 g/mol. The Morgan fingerprint density at radius 3 is 2.25 bits per heavy atom. The first-order chi connectivity index (χ1) is 3.72. The van der Waals surface area contributed by atoms with Crippen molar-refractivity contribution in [3.05, 3.63) is 0 Å². The number of Topliss-reactive ketones (excluding diaryl/α,β-unsaturated/α-hetero) is 1. The summed E-state index contributed by atoms with van der Waals surface area (Å²) >= 11 is 4.56. The Morgan fingerprint density at radius 2 is 2.12 bits per heavy atom. The molecule has 0 radical (unpaired) electrons. The van der Waals surface area contributed by atoms with Gasteiger partial charge < -0.3 is 4.29 Å². The minimum atomic E-state index is -0.992. The molecule has 0 aromatic heterocycles. The van der Waals surface area contributed by atoms with Crippen LogP contribution < -0.4 is 0 Å². The number of ketones is 1. The maximum atomic E-state index is 10.2. The van der Waals surface area contributed by atoms with Gasteiger partial charge in [-0.25, -0.2) is 4.79 Å². The quantitative estimate of drug-likeness (QED) is 0.524. The van der Waals surface area contributed by atoms with Crippen molar-refractivity contribution < 1.29 is 13.9 Å². The highest BCUT2D eigenvalue weighted by atomic mass is 35.5. The van der Waals surface area contributed by atoms with Gasteiger partial charge in [0.1, 0.15) is 11.9 Å². The maximum absolute atomic E-state index is 10.2. The number of rotatable bonds is 2. The van der Waals surface area contributed by atoms with Gasteiger partial charge in [0.05, 0.1) is 0 Å². The van der Waals surface area contributed by atoms with E-state index in [2.05, 4.69) is 16.2 Å². The summed E-state index contributed by atoms with van der Waals surface area (Å²) in [7, 11) is 0. The van der Waals surface area contributed by atoms with E-state index in [4.69, 9.17) is 0 Å². The molecule has 4 heteroatoms. The third kappa shape index (κ3) is 1.93. The monoisotopic (exact) mass is 136 g/mol. The lowest BCUT2D eigenvalue weighted by molar-refractivity contribution is -0.146. The lowest BCUT2D eigenvalue weighted by atomic mass is 10.3. The Kier molecular flexibility index (Phi) is 3.19. The number of carbonyl (C=O) groups is 2. The summed E-state index contributed by atoms with van der Waals surface area (Å²) < 4.78 is 3.59. The second kappa shape index (κ2) is 3.43. The second-order valence-electron chi connectivity index (χ2n) is 1.14. The molecule has 0 rings (SSSR count). The molecule has 0 saturated carbocycles. The van der Waals surface area contributed by atoms with Gasteiger partial charge in [0.2, 0.25) is 5.78 Å². The molecule has 0 aromatic carbocycles. The third-order valence-electron chi connectivity index (χ3n) is 0.619. The molecule has 0 unspecified atom stereocenters. The summed E-state index contributed by atoms with van der Waals surface area (Å²) in [5.74, 6) is -1.60. The molecular formula is C4H5ClO3. The van der Waals surface area contributed by atoms with Crippen molar-refractivity contribution in [1.29, 1.82) is 0 Å². The van der Waals surface area contributed by atoms with E-state index in [1.165, 1.54) is 0 Å². The molecule has 0 aliphatic heterocycles. The molecule has 0 aliphatic rings. The molecule has 0 saturated heterocycles. The summed E-state index contributed by atoms with van der Waals surface area (Å²) in [5, 5.41) is 0. The van der Waals surface area contributed by atoms with E-state index < -0.39 is 11.8 Å². The van der Waals surface area contributed by atoms with E-state index >= 15 is 0 Å². The number of hydrogen-bond donors (Lipinski definition) is 0. The number of halogens is 1. The highest BCUT2D eigenvalue weighted by Gasteiger charge is 2.10. The number of carbonyl (C=O) groups excluding carboxylic acids is 2. The van der Waals surface area contributed by atoms with Crippen molar-refractivity contribution in [2.75, 3.05) is 0 Å². The van der Waals surface area contributed by atoms with E-state index in [-0.39, 0.29) is 6.42 Å². The Balaban J connectivity index is 3.64. The van der Waals surface area contributed by atoms with Crippen LogP contribution in [0.25, 0.3) is 0 Å². The predicted octanol–water partition coefficient (Wildman–Crippen LogP) is 0.662. The molecule has 0 fully saturated rings. The van der Waals surface area contributed by atoms with Gasteiger partial charge in [-0.2, -0.15) is 0 Å². The largest absolute Gasteiger partial charge is 0.392 e. The smallest absolute Gasteiger partial charge is 0.341 e. The Labute approximate surface area is 51.7 Å². The first-order valence-corrected chi connectivity index (χ1v) is 2.39. The minimum absolute atomic E-state index is 0.131. The van der Waals surface area contributed by atoms with Gasteiger partial charge in [-0.1, -0.05) is 6.92 Å². The van der Waals surface area contributed by atoms with Crippen LogP contribution in [0.1, 0.15) is 13.3 Å². The van der Waals surface area contributed by atoms with E-state index in [1.54, 1.807) is 6.92 Å². The molecule has 8 heavy (non-hydrogen) atoms. The van der Waals surface area contributed by atoms with Crippen LogP contribution in [0.5, 0.6) is 0 Å². The SMILES string of the molecule is CCC(=O)C(=O)OCl.